The monoisotopic (exact) mass is 535 g/mol. The van der Waals surface area contributed by atoms with Gasteiger partial charge in [-0.05, 0) is 74.3 Å². The fourth-order valence-corrected chi connectivity index (χ4v) is 4.82. The topological polar surface area (TPSA) is 84.1 Å². The molecule has 1 unspecified atom stereocenters. The van der Waals surface area contributed by atoms with Gasteiger partial charge < -0.3 is 14.8 Å². The number of thiol groups is 1. The molecule has 1 aromatic heterocycles. The van der Waals surface area contributed by atoms with Gasteiger partial charge in [-0.1, -0.05) is 63.8 Å². The lowest BCUT2D eigenvalue weighted by Crippen LogP contribution is -2.16. The van der Waals surface area contributed by atoms with Crippen LogP contribution in [0.25, 0.3) is 22.3 Å². The second-order valence-corrected chi connectivity index (χ2v) is 10.5. The predicted molar refractivity (Wildman–Crippen MR) is 162 cm³/mol. The van der Waals surface area contributed by atoms with E-state index in [0.717, 1.165) is 56.8 Å². The Labute approximate surface area is 228 Å². The first-order valence-corrected chi connectivity index (χ1v) is 14.2. The van der Waals surface area contributed by atoms with Crippen molar-refractivity contribution in [3.05, 3.63) is 78.0 Å². The third-order valence-electron chi connectivity index (χ3n) is 5.91. The van der Waals surface area contributed by atoms with E-state index in [4.69, 9.17) is 10.7 Å². The first kappa shape index (κ1) is 28.6. The van der Waals surface area contributed by atoms with E-state index in [1.807, 2.05) is 85.0 Å². The van der Waals surface area contributed by atoms with Crippen molar-refractivity contribution in [1.29, 1.82) is 0 Å². The minimum atomic E-state index is -1.42. The molecule has 0 bridgehead atoms. The fraction of sp³-hybridized carbons (Fsp3) is 0.310. The van der Waals surface area contributed by atoms with Crippen LogP contribution in [0.2, 0.25) is 0 Å². The van der Waals surface area contributed by atoms with Crippen molar-refractivity contribution in [2.75, 3.05) is 22.1 Å². The zero-order chi connectivity index (χ0) is 26.8. The molecule has 3 aromatic carbocycles. The van der Waals surface area contributed by atoms with Crippen LogP contribution in [0.3, 0.4) is 0 Å². The summed E-state index contributed by atoms with van der Waals surface area (Å²) in [4.78, 5) is 9.98. The van der Waals surface area contributed by atoms with Gasteiger partial charge in [-0.2, -0.15) is 0 Å². The number of nitrogens with zero attached hydrogens (tertiary/aromatic N) is 3. The number of benzene rings is 3. The highest BCUT2D eigenvalue weighted by molar-refractivity contribution is 7.86. The summed E-state index contributed by atoms with van der Waals surface area (Å²) < 4.78 is 18.1. The van der Waals surface area contributed by atoms with E-state index >= 15 is 0 Å². The quantitative estimate of drug-likeness (QED) is 0.204. The smallest absolute Gasteiger partial charge is 0.160 e. The molecule has 3 N–H and O–H groups in total. The molecule has 0 aliphatic carbocycles. The van der Waals surface area contributed by atoms with Gasteiger partial charge in [0, 0.05) is 35.1 Å². The number of hydrogen-bond acceptors (Lipinski definition) is 6. The highest BCUT2D eigenvalue weighted by atomic mass is 32.2. The number of hydrogen-bond donors (Lipinski definition) is 3. The van der Waals surface area contributed by atoms with Crippen molar-refractivity contribution >= 4 is 46.1 Å². The van der Waals surface area contributed by atoms with Gasteiger partial charge in [0.25, 0.3) is 0 Å². The zero-order valence-corrected chi connectivity index (χ0v) is 23.8. The van der Waals surface area contributed by atoms with Crippen molar-refractivity contribution in [1.82, 2.24) is 9.97 Å². The molecule has 0 fully saturated rings. The summed E-state index contributed by atoms with van der Waals surface area (Å²) in [6.45, 7) is 9.70. The molecule has 196 valence electrons. The van der Waals surface area contributed by atoms with Crippen LogP contribution < -0.4 is 14.8 Å². The van der Waals surface area contributed by atoms with Gasteiger partial charge in [-0.25, -0.2) is 14.2 Å². The predicted octanol–water partition coefficient (Wildman–Crippen LogP) is 6.85. The maximum atomic E-state index is 13.1. The van der Waals surface area contributed by atoms with Crippen LogP contribution >= 0.6 is 12.8 Å². The molecular weight excluding hydrogens is 498 g/mol. The first-order valence-electron chi connectivity index (χ1n) is 12.7. The van der Waals surface area contributed by atoms with Gasteiger partial charge >= 0.3 is 0 Å². The second kappa shape index (κ2) is 14.1. The number of rotatable bonds is 9. The normalized spacial score (nSPS) is 11.5. The van der Waals surface area contributed by atoms with Crippen LogP contribution in [0, 0.1) is 13.8 Å². The van der Waals surface area contributed by atoms with E-state index in [1.54, 1.807) is 0 Å². The number of anilines is 2. The third-order valence-corrected chi connectivity index (χ3v) is 7.62. The zero-order valence-electron chi connectivity index (χ0n) is 22.1. The number of nitrogens with two attached hydrogens (primary N) is 1. The SMILES string of the molecule is CCCC.Cc1ccc(NS(=O)c2ccc(N(S)CCCN)cc2C)cc1-c1ncc2ccccc2n1. The minimum Gasteiger partial charge on any atom is -0.330 e. The molecule has 4 rings (SSSR count). The molecule has 37 heavy (non-hydrogen) atoms. The summed E-state index contributed by atoms with van der Waals surface area (Å²) in [5.41, 5.74) is 11.1. The largest absolute Gasteiger partial charge is 0.330 e. The number of aryl methyl sites for hydroxylation is 2. The van der Waals surface area contributed by atoms with E-state index in [-0.39, 0.29) is 0 Å². The van der Waals surface area contributed by atoms with Gasteiger partial charge in [-0.15, -0.1) is 0 Å². The lowest BCUT2D eigenvalue weighted by Gasteiger charge is -2.19. The van der Waals surface area contributed by atoms with Crippen molar-refractivity contribution in [3.8, 4) is 11.4 Å². The number of nitrogens with one attached hydrogen (secondary N) is 1. The molecule has 8 heteroatoms. The Hall–Kier alpha value is -2.94. The van der Waals surface area contributed by atoms with Gasteiger partial charge in [-0.3, -0.25) is 0 Å². The molecule has 0 aliphatic heterocycles. The maximum Gasteiger partial charge on any atom is 0.160 e. The second-order valence-electron chi connectivity index (χ2n) is 8.87. The lowest BCUT2D eigenvalue weighted by molar-refractivity contribution is 0.686. The summed E-state index contributed by atoms with van der Waals surface area (Å²) in [6, 6.07) is 19.5. The standard InChI is InChI=1S/C25H27N5OS2.C4H10/c1-17-8-9-20(15-22(17)25-27-16-19-6-3-4-7-23(19)28-25)29-33(31)24-11-10-21(14-18(24)2)30(32)13-5-12-26;1-3-4-2/h3-4,6-11,14-16,29,32H,5,12-13,26H2,1-2H3;3-4H2,1-2H3. The lowest BCUT2D eigenvalue weighted by atomic mass is 10.1. The van der Waals surface area contributed by atoms with Gasteiger partial charge in [0.05, 0.1) is 10.4 Å². The Bertz CT molecular complexity index is 1340. The number of aromatic nitrogens is 2. The first-order chi connectivity index (χ1) is 17.9. The maximum absolute atomic E-state index is 13.1. The average Bonchev–Trinajstić information content (AvgIpc) is 2.92. The van der Waals surface area contributed by atoms with Crippen molar-refractivity contribution < 1.29 is 4.21 Å². The molecular formula is C29H37N5OS2. The van der Waals surface area contributed by atoms with Crippen molar-refractivity contribution in [3.63, 3.8) is 0 Å². The molecule has 1 heterocycles. The molecule has 0 aliphatic rings. The number of para-hydroxylation sites is 1. The average molecular weight is 536 g/mol. The Morgan fingerprint density at radius 2 is 1.76 bits per heavy atom. The van der Waals surface area contributed by atoms with Crippen LogP contribution in [0.15, 0.2) is 71.8 Å². The third kappa shape index (κ3) is 7.77. The van der Waals surface area contributed by atoms with Crippen LogP contribution in [0.4, 0.5) is 11.4 Å². The summed E-state index contributed by atoms with van der Waals surface area (Å²) in [5.74, 6) is 0.646. The molecule has 6 nitrogen and oxygen atoms in total. The van der Waals surface area contributed by atoms with Gasteiger partial charge in [0.2, 0.25) is 0 Å². The van der Waals surface area contributed by atoms with Crippen molar-refractivity contribution in [2.24, 2.45) is 5.73 Å². The van der Waals surface area contributed by atoms with Crippen molar-refractivity contribution in [2.45, 2.75) is 51.9 Å². The van der Waals surface area contributed by atoms with Gasteiger partial charge in [0.15, 0.2) is 16.8 Å². The Kier molecular flexibility index (Phi) is 10.9. The Morgan fingerprint density at radius 3 is 2.46 bits per heavy atom. The minimum absolute atomic E-state index is 0.616. The molecule has 0 amide bonds. The number of unbranched alkanes of at least 4 members (excludes halogenated alkanes) is 1. The van der Waals surface area contributed by atoms with Crippen LogP contribution in [-0.4, -0.2) is 27.3 Å². The summed E-state index contributed by atoms with van der Waals surface area (Å²) in [6.07, 6.45) is 5.33. The Balaban J connectivity index is 0.000000886. The highest BCUT2D eigenvalue weighted by Crippen LogP contribution is 2.27. The summed E-state index contributed by atoms with van der Waals surface area (Å²) in [5, 5.41) is 0.996. The van der Waals surface area contributed by atoms with E-state index in [1.165, 1.54) is 12.8 Å². The van der Waals surface area contributed by atoms with Crippen LogP contribution in [-0.2, 0) is 11.0 Å². The fourth-order valence-electron chi connectivity index (χ4n) is 3.56. The Morgan fingerprint density at radius 1 is 1.00 bits per heavy atom. The molecule has 0 spiro atoms. The molecule has 0 saturated heterocycles. The van der Waals surface area contributed by atoms with Gasteiger partial charge in [0.1, 0.15) is 0 Å². The summed E-state index contributed by atoms with van der Waals surface area (Å²) in [7, 11) is -1.42. The molecule has 0 saturated carbocycles. The van der Waals surface area contributed by atoms with E-state index in [0.29, 0.717) is 12.4 Å². The van der Waals surface area contributed by atoms with E-state index < -0.39 is 11.0 Å². The van der Waals surface area contributed by atoms with Crippen LogP contribution in [0.5, 0.6) is 0 Å². The highest BCUT2D eigenvalue weighted by Gasteiger charge is 2.13. The molecule has 4 aromatic rings. The number of fused-ring (bicyclic) bond motifs is 1. The van der Waals surface area contributed by atoms with E-state index in [9.17, 15) is 4.21 Å². The van der Waals surface area contributed by atoms with E-state index in [2.05, 4.69) is 36.4 Å². The summed E-state index contributed by atoms with van der Waals surface area (Å²) >= 11 is 4.52. The molecule has 1 atom stereocenters. The molecule has 0 radical (unpaired) electrons. The van der Waals surface area contributed by atoms with Crippen LogP contribution in [0.1, 0.15) is 44.2 Å².